The molecule has 0 aliphatic heterocycles. The number of aliphatic hydroxyl groups excluding tert-OH is 1. The molecule has 2 unspecified atom stereocenters. The van der Waals surface area contributed by atoms with Crippen LogP contribution < -0.4 is 4.74 Å². The molecule has 0 spiro atoms. The van der Waals surface area contributed by atoms with Crippen LogP contribution in [0.15, 0.2) is 22.7 Å². The van der Waals surface area contributed by atoms with Crippen LogP contribution in [0.1, 0.15) is 25.7 Å². The number of halogens is 1. The molecule has 1 aromatic carbocycles. The lowest BCUT2D eigenvalue weighted by atomic mass is 10.1. The van der Waals surface area contributed by atoms with Gasteiger partial charge in [0.15, 0.2) is 11.6 Å². The van der Waals surface area contributed by atoms with E-state index in [1.807, 2.05) is 0 Å². The summed E-state index contributed by atoms with van der Waals surface area (Å²) in [6.07, 6.45) is -0.587. The molecule has 0 bridgehead atoms. The Hall–Kier alpha value is -1.95. The average molecular weight is 266 g/mol. The van der Waals surface area contributed by atoms with Gasteiger partial charge in [0.2, 0.25) is 11.7 Å². The molecule has 0 aliphatic carbocycles. The maximum atomic E-state index is 13.3. The van der Waals surface area contributed by atoms with Crippen LogP contribution in [-0.2, 0) is 0 Å². The number of benzene rings is 1. The largest absolute Gasteiger partial charge is 0.494 e. The fourth-order valence-electron chi connectivity index (χ4n) is 1.54. The van der Waals surface area contributed by atoms with Crippen molar-refractivity contribution in [2.45, 2.75) is 25.9 Å². The molecule has 0 radical (unpaired) electrons. The monoisotopic (exact) mass is 266 g/mol. The number of rotatable bonds is 4. The highest BCUT2D eigenvalue weighted by atomic mass is 19.1. The van der Waals surface area contributed by atoms with Gasteiger partial charge in [-0.05, 0) is 25.1 Å². The van der Waals surface area contributed by atoms with Crippen LogP contribution in [0.4, 0.5) is 4.39 Å². The molecule has 6 heteroatoms. The molecule has 5 nitrogen and oxygen atoms in total. The van der Waals surface area contributed by atoms with Gasteiger partial charge in [-0.25, -0.2) is 4.39 Å². The topological polar surface area (TPSA) is 68.4 Å². The minimum atomic E-state index is -0.587. The van der Waals surface area contributed by atoms with Gasteiger partial charge in [-0.15, -0.1) is 0 Å². The summed E-state index contributed by atoms with van der Waals surface area (Å²) in [6, 6.07) is 4.32. The van der Waals surface area contributed by atoms with E-state index in [1.54, 1.807) is 19.9 Å². The summed E-state index contributed by atoms with van der Waals surface area (Å²) in [6.45, 7) is 3.43. The second-order valence-electron chi connectivity index (χ2n) is 4.33. The van der Waals surface area contributed by atoms with Crippen LogP contribution in [0.25, 0.3) is 11.4 Å². The van der Waals surface area contributed by atoms with E-state index >= 15 is 0 Å². The quantitative estimate of drug-likeness (QED) is 0.920. The number of aromatic nitrogens is 2. The normalized spacial score (nSPS) is 14.2. The molecule has 0 aliphatic rings. The summed E-state index contributed by atoms with van der Waals surface area (Å²) in [7, 11) is 1.39. The van der Waals surface area contributed by atoms with Crippen molar-refractivity contribution in [2.24, 2.45) is 0 Å². The molecule has 2 aromatic rings. The first-order valence-electron chi connectivity index (χ1n) is 5.88. The minimum absolute atomic E-state index is 0.118. The molecule has 0 saturated carbocycles. The molecule has 19 heavy (non-hydrogen) atoms. The van der Waals surface area contributed by atoms with Crippen molar-refractivity contribution in [2.75, 3.05) is 7.11 Å². The van der Waals surface area contributed by atoms with Crippen molar-refractivity contribution in [1.82, 2.24) is 10.1 Å². The molecular formula is C13H15FN2O3. The Balaban J connectivity index is 2.32. The van der Waals surface area contributed by atoms with Crippen LogP contribution in [0.2, 0.25) is 0 Å². The van der Waals surface area contributed by atoms with Crippen molar-refractivity contribution in [1.29, 1.82) is 0 Å². The first-order chi connectivity index (χ1) is 9.02. The molecule has 2 rings (SSSR count). The molecular weight excluding hydrogens is 251 g/mol. The van der Waals surface area contributed by atoms with E-state index in [4.69, 9.17) is 9.26 Å². The zero-order valence-electron chi connectivity index (χ0n) is 10.9. The van der Waals surface area contributed by atoms with Crippen LogP contribution in [0, 0.1) is 5.82 Å². The van der Waals surface area contributed by atoms with E-state index in [9.17, 15) is 9.50 Å². The standard InChI is InChI=1S/C13H15FN2O3/c1-7(8(2)17)13-15-12(16-19-13)9-4-5-10(14)11(6-9)18-3/h4-8,17H,1-3H3. The SMILES string of the molecule is COc1cc(-c2noc(C(C)C(C)O)n2)ccc1F. The van der Waals surface area contributed by atoms with Gasteiger partial charge in [0.25, 0.3) is 0 Å². The molecule has 1 aromatic heterocycles. The van der Waals surface area contributed by atoms with Crippen molar-refractivity contribution in [3.63, 3.8) is 0 Å². The third kappa shape index (κ3) is 2.73. The number of methoxy groups -OCH3 is 1. The summed E-state index contributed by atoms with van der Waals surface area (Å²) in [5.74, 6) is 0.0810. The van der Waals surface area contributed by atoms with Crippen LogP contribution in [0.3, 0.4) is 0 Å². The lowest BCUT2D eigenvalue weighted by molar-refractivity contribution is 0.151. The zero-order valence-corrected chi connectivity index (χ0v) is 10.9. The van der Waals surface area contributed by atoms with Gasteiger partial charge in [-0.1, -0.05) is 12.1 Å². The first kappa shape index (κ1) is 13.5. The van der Waals surface area contributed by atoms with E-state index in [-0.39, 0.29) is 11.7 Å². The van der Waals surface area contributed by atoms with Gasteiger partial charge < -0.3 is 14.4 Å². The average Bonchev–Trinajstić information content (AvgIpc) is 2.87. The third-order valence-corrected chi connectivity index (χ3v) is 2.96. The molecule has 0 amide bonds. The van der Waals surface area contributed by atoms with Crippen molar-refractivity contribution in [3.05, 3.63) is 29.9 Å². The van der Waals surface area contributed by atoms with E-state index in [2.05, 4.69) is 10.1 Å². The summed E-state index contributed by atoms with van der Waals surface area (Å²) < 4.78 is 23.3. The lowest BCUT2D eigenvalue weighted by Gasteiger charge is -2.08. The molecule has 0 fully saturated rings. The van der Waals surface area contributed by atoms with Crippen LogP contribution in [0.5, 0.6) is 5.75 Å². The zero-order chi connectivity index (χ0) is 14.0. The van der Waals surface area contributed by atoms with Gasteiger partial charge in [-0.2, -0.15) is 4.98 Å². The molecule has 2 atom stereocenters. The van der Waals surface area contributed by atoms with Gasteiger partial charge in [-0.3, -0.25) is 0 Å². The Morgan fingerprint density at radius 1 is 1.37 bits per heavy atom. The molecule has 1 N–H and O–H groups in total. The van der Waals surface area contributed by atoms with Crippen LogP contribution >= 0.6 is 0 Å². The van der Waals surface area contributed by atoms with Gasteiger partial charge in [0, 0.05) is 5.56 Å². The molecule has 102 valence electrons. The molecule has 0 saturated heterocycles. The Bertz CT molecular complexity index is 569. The highest BCUT2D eigenvalue weighted by Gasteiger charge is 2.19. The highest BCUT2D eigenvalue weighted by molar-refractivity contribution is 5.57. The third-order valence-electron chi connectivity index (χ3n) is 2.96. The predicted octanol–water partition coefficient (Wildman–Crippen LogP) is 2.37. The lowest BCUT2D eigenvalue weighted by Crippen LogP contribution is -2.11. The summed E-state index contributed by atoms with van der Waals surface area (Å²) in [4.78, 5) is 4.19. The van der Waals surface area contributed by atoms with Crippen molar-refractivity contribution < 1.29 is 18.8 Å². The fourth-order valence-corrected chi connectivity index (χ4v) is 1.54. The number of hydrogen-bond donors (Lipinski definition) is 1. The Kier molecular flexibility index (Phi) is 3.80. The number of nitrogens with zero attached hydrogens (tertiary/aromatic N) is 2. The Labute approximate surface area is 110 Å². The van der Waals surface area contributed by atoms with Crippen LogP contribution in [-0.4, -0.2) is 28.5 Å². The van der Waals surface area contributed by atoms with E-state index < -0.39 is 11.9 Å². The van der Waals surface area contributed by atoms with Gasteiger partial charge in [0.1, 0.15) is 0 Å². The van der Waals surface area contributed by atoms with Gasteiger partial charge in [0.05, 0.1) is 19.1 Å². The predicted molar refractivity (Wildman–Crippen MR) is 66.3 cm³/mol. The summed E-state index contributed by atoms with van der Waals surface area (Å²) >= 11 is 0. The van der Waals surface area contributed by atoms with E-state index in [0.717, 1.165) is 0 Å². The Morgan fingerprint density at radius 2 is 2.11 bits per heavy atom. The minimum Gasteiger partial charge on any atom is -0.494 e. The van der Waals surface area contributed by atoms with Crippen molar-refractivity contribution >= 4 is 0 Å². The number of ether oxygens (including phenoxy) is 1. The van der Waals surface area contributed by atoms with E-state index in [0.29, 0.717) is 17.3 Å². The smallest absolute Gasteiger partial charge is 0.232 e. The maximum Gasteiger partial charge on any atom is 0.232 e. The second-order valence-corrected chi connectivity index (χ2v) is 4.33. The summed E-state index contributed by atoms with van der Waals surface area (Å²) in [5.41, 5.74) is 0.589. The van der Waals surface area contributed by atoms with Gasteiger partial charge >= 0.3 is 0 Å². The molecule has 1 heterocycles. The van der Waals surface area contributed by atoms with Crippen molar-refractivity contribution in [3.8, 4) is 17.1 Å². The Morgan fingerprint density at radius 3 is 2.74 bits per heavy atom. The highest BCUT2D eigenvalue weighted by Crippen LogP contribution is 2.26. The maximum absolute atomic E-state index is 13.3. The fraction of sp³-hybridized carbons (Fsp3) is 0.385. The number of hydrogen-bond acceptors (Lipinski definition) is 5. The second kappa shape index (κ2) is 5.36. The van der Waals surface area contributed by atoms with E-state index in [1.165, 1.54) is 19.2 Å². The summed E-state index contributed by atoms with van der Waals surface area (Å²) in [5, 5.41) is 13.3. The number of aliphatic hydroxyl groups is 1. The first-order valence-corrected chi connectivity index (χ1v) is 5.88.